The third-order valence-electron chi connectivity index (χ3n) is 5.66. The number of aromatic carboxylic acids is 1. The Morgan fingerprint density at radius 2 is 1.97 bits per heavy atom. The normalized spacial score (nSPS) is 17.5. The lowest BCUT2D eigenvalue weighted by atomic mass is 10.1. The van der Waals surface area contributed by atoms with Crippen LogP contribution in [-0.2, 0) is 13.2 Å². The van der Waals surface area contributed by atoms with Crippen LogP contribution in [0.1, 0.15) is 40.7 Å². The molecule has 2 aromatic carbocycles. The van der Waals surface area contributed by atoms with E-state index >= 15 is 0 Å². The second-order valence-electron chi connectivity index (χ2n) is 8.13. The summed E-state index contributed by atoms with van der Waals surface area (Å²) in [7, 11) is 5.97. The van der Waals surface area contributed by atoms with E-state index in [9.17, 15) is 4.79 Å². The van der Waals surface area contributed by atoms with E-state index in [4.69, 9.17) is 14.6 Å². The van der Waals surface area contributed by atoms with E-state index in [1.807, 2.05) is 18.2 Å². The molecule has 30 heavy (non-hydrogen) atoms. The van der Waals surface area contributed by atoms with Crippen molar-refractivity contribution in [1.82, 2.24) is 9.80 Å². The van der Waals surface area contributed by atoms with E-state index in [0.29, 0.717) is 17.5 Å². The van der Waals surface area contributed by atoms with Crippen LogP contribution in [0.3, 0.4) is 0 Å². The number of ether oxygens (including phenoxy) is 2. The third kappa shape index (κ3) is 5.97. The maximum atomic E-state index is 11.1. The monoisotopic (exact) mass is 412 g/mol. The summed E-state index contributed by atoms with van der Waals surface area (Å²) in [6.45, 7) is 3.37. The standard InChI is InChI=1S/C24H32N2O4/c1-25(2)21-9-4-5-12-26(16-21)15-18-10-11-22(23(14-18)29-3)30-17-19-7-6-8-20(13-19)24(27)28/h6-8,10-11,13-14,21H,4-5,9,12,15-17H2,1-3H3,(H,27,28). The summed E-state index contributed by atoms with van der Waals surface area (Å²) in [5, 5.41) is 9.14. The van der Waals surface area contributed by atoms with Gasteiger partial charge in [0.15, 0.2) is 11.5 Å². The molecular formula is C24H32N2O4. The first-order chi connectivity index (χ1) is 14.5. The first-order valence-electron chi connectivity index (χ1n) is 10.5. The van der Waals surface area contributed by atoms with E-state index < -0.39 is 5.97 Å². The number of carboxylic acid groups (broad SMARTS) is 1. The fourth-order valence-corrected chi connectivity index (χ4v) is 3.90. The van der Waals surface area contributed by atoms with Crippen LogP contribution in [0.4, 0.5) is 0 Å². The number of hydrogen-bond acceptors (Lipinski definition) is 5. The molecule has 0 amide bonds. The van der Waals surface area contributed by atoms with Crippen LogP contribution in [0, 0.1) is 0 Å². The van der Waals surface area contributed by atoms with Crippen molar-refractivity contribution >= 4 is 5.97 Å². The van der Waals surface area contributed by atoms with Crippen molar-refractivity contribution in [2.45, 2.75) is 38.5 Å². The number of hydrogen-bond donors (Lipinski definition) is 1. The maximum absolute atomic E-state index is 11.1. The molecular weight excluding hydrogens is 380 g/mol. The Kier molecular flexibility index (Phi) is 7.71. The molecule has 0 spiro atoms. The van der Waals surface area contributed by atoms with Gasteiger partial charge in [0, 0.05) is 19.1 Å². The second kappa shape index (κ2) is 10.5. The summed E-state index contributed by atoms with van der Waals surface area (Å²) in [6.07, 6.45) is 3.76. The number of methoxy groups -OCH3 is 1. The first-order valence-corrected chi connectivity index (χ1v) is 10.5. The highest BCUT2D eigenvalue weighted by Crippen LogP contribution is 2.30. The smallest absolute Gasteiger partial charge is 0.335 e. The lowest BCUT2D eigenvalue weighted by Gasteiger charge is -2.28. The van der Waals surface area contributed by atoms with E-state index in [1.165, 1.54) is 24.8 Å². The van der Waals surface area contributed by atoms with Crippen molar-refractivity contribution in [2.75, 3.05) is 34.3 Å². The van der Waals surface area contributed by atoms with Crippen LogP contribution in [0.25, 0.3) is 0 Å². The zero-order valence-corrected chi connectivity index (χ0v) is 18.1. The molecule has 162 valence electrons. The van der Waals surface area contributed by atoms with Gasteiger partial charge in [-0.15, -0.1) is 0 Å². The molecule has 0 aromatic heterocycles. The van der Waals surface area contributed by atoms with Gasteiger partial charge >= 0.3 is 5.97 Å². The van der Waals surface area contributed by atoms with E-state index in [1.54, 1.807) is 25.3 Å². The average Bonchev–Trinajstić information content (AvgIpc) is 2.98. The third-order valence-corrected chi connectivity index (χ3v) is 5.66. The minimum absolute atomic E-state index is 0.256. The summed E-state index contributed by atoms with van der Waals surface area (Å²) < 4.78 is 11.5. The zero-order chi connectivity index (χ0) is 21.5. The number of carbonyl (C=O) groups is 1. The second-order valence-corrected chi connectivity index (χ2v) is 8.13. The molecule has 1 aliphatic heterocycles. The Hall–Kier alpha value is -2.57. The first kappa shape index (κ1) is 22.1. The number of benzene rings is 2. The number of nitrogens with zero attached hydrogens (tertiary/aromatic N) is 2. The Labute approximate surface area is 179 Å². The number of rotatable bonds is 8. The molecule has 0 aliphatic carbocycles. The predicted molar refractivity (Wildman–Crippen MR) is 117 cm³/mol. The molecule has 1 aliphatic rings. The number of likely N-dealkylation sites (N-methyl/N-ethyl adjacent to an activating group) is 1. The highest BCUT2D eigenvalue weighted by atomic mass is 16.5. The van der Waals surface area contributed by atoms with Gasteiger partial charge in [0.25, 0.3) is 0 Å². The molecule has 3 rings (SSSR count). The lowest BCUT2D eigenvalue weighted by Crippen LogP contribution is -2.38. The summed E-state index contributed by atoms with van der Waals surface area (Å²) >= 11 is 0. The van der Waals surface area contributed by atoms with Crippen LogP contribution in [0.2, 0.25) is 0 Å². The average molecular weight is 413 g/mol. The van der Waals surface area contributed by atoms with Crippen molar-refractivity contribution in [2.24, 2.45) is 0 Å². The van der Waals surface area contributed by atoms with Gasteiger partial charge in [-0.25, -0.2) is 4.79 Å². The molecule has 1 N–H and O–H groups in total. The molecule has 6 nitrogen and oxygen atoms in total. The van der Waals surface area contributed by atoms with Gasteiger partial charge in [0.05, 0.1) is 12.7 Å². The molecule has 1 unspecified atom stereocenters. The predicted octanol–water partition coefficient (Wildman–Crippen LogP) is 3.89. The van der Waals surface area contributed by atoms with E-state index in [0.717, 1.165) is 25.2 Å². The molecule has 6 heteroatoms. The summed E-state index contributed by atoms with van der Waals surface area (Å²) in [4.78, 5) is 16.0. The fraction of sp³-hybridized carbons (Fsp3) is 0.458. The quantitative estimate of drug-likeness (QED) is 0.710. The Morgan fingerprint density at radius 3 is 2.70 bits per heavy atom. The molecule has 1 fully saturated rings. The summed E-state index contributed by atoms with van der Waals surface area (Å²) in [5.74, 6) is 0.411. The van der Waals surface area contributed by atoms with Gasteiger partial charge in [-0.1, -0.05) is 24.6 Å². The highest BCUT2D eigenvalue weighted by Gasteiger charge is 2.20. The Bertz CT molecular complexity index is 853. The highest BCUT2D eigenvalue weighted by molar-refractivity contribution is 5.87. The van der Waals surface area contributed by atoms with Gasteiger partial charge in [-0.3, -0.25) is 4.90 Å². The number of carboxylic acids is 1. The molecule has 2 aromatic rings. The van der Waals surface area contributed by atoms with Crippen molar-refractivity contribution in [3.63, 3.8) is 0 Å². The van der Waals surface area contributed by atoms with E-state index in [2.05, 4.69) is 30.0 Å². The van der Waals surface area contributed by atoms with Crippen LogP contribution in [0.15, 0.2) is 42.5 Å². The number of likely N-dealkylation sites (tertiary alicyclic amines) is 1. The largest absolute Gasteiger partial charge is 0.493 e. The molecule has 1 saturated heterocycles. The van der Waals surface area contributed by atoms with Gasteiger partial charge in [0.2, 0.25) is 0 Å². The van der Waals surface area contributed by atoms with Gasteiger partial charge in [-0.05, 0) is 68.9 Å². The Morgan fingerprint density at radius 1 is 1.13 bits per heavy atom. The molecule has 0 bridgehead atoms. The van der Waals surface area contributed by atoms with Gasteiger partial charge in [0.1, 0.15) is 6.61 Å². The molecule has 0 saturated carbocycles. The van der Waals surface area contributed by atoms with Crippen LogP contribution in [-0.4, -0.2) is 61.2 Å². The fourth-order valence-electron chi connectivity index (χ4n) is 3.90. The van der Waals surface area contributed by atoms with Gasteiger partial charge in [-0.2, -0.15) is 0 Å². The van der Waals surface area contributed by atoms with Crippen molar-refractivity contribution in [3.05, 3.63) is 59.2 Å². The van der Waals surface area contributed by atoms with Gasteiger partial charge < -0.3 is 19.5 Å². The zero-order valence-electron chi connectivity index (χ0n) is 18.1. The van der Waals surface area contributed by atoms with Crippen LogP contribution < -0.4 is 9.47 Å². The van der Waals surface area contributed by atoms with Crippen molar-refractivity contribution in [1.29, 1.82) is 0 Å². The minimum Gasteiger partial charge on any atom is -0.493 e. The van der Waals surface area contributed by atoms with E-state index in [-0.39, 0.29) is 12.2 Å². The summed E-state index contributed by atoms with van der Waals surface area (Å²) in [5.41, 5.74) is 2.26. The van der Waals surface area contributed by atoms with Crippen LogP contribution in [0.5, 0.6) is 11.5 Å². The Balaban J connectivity index is 1.66. The molecule has 1 atom stereocenters. The molecule has 1 heterocycles. The maximum Gasteiger partial charge on any atom is 0.335 e. The van der Waals surface area contributed by atoms with Crippen LogP contribution >= 0.6 is 0 Å². The minimum atomic E-state index is -0.941. The summed E-state index contributed by atoms with van der Waals surface area (Å²) in [6, 6.07) is 13.4. The molecule has 0 radical (unpaired) electrons. The van der Waals surface area contributed by atoms with Crippen molar-refractivity contribution < 1.29 is 19.4 Å². The SMILES string of the molecule is COc1cc(CN2CCCCC(N(C)C)C2)ccc1OCc1cccc(C(=O)O)c1. The topological polar surface area (TPSA) is 62.2 Å². The van der Waals surface area contributed by atoms with Crippen molar-refractivity contribution in [3.8, 4) is 11.5 Å². The lowest BCUT2D eigenvalue weighted by molar-refractivity contribution is 0.0696.